The molecule has 1 aromatic carbocycles. The lowest BCUT2D eigenvalue weighted by molar-refractivity contribution is 0.278. The van der Waals surface area contributed by atoms with E-state index < -0.39 is 0 Å². The molecule has 0 radical (unpaired) electrons. The molecule has 1 N–H and O–H groups in total. The van der Waals surface area contributed by atoms with Crippen molar-refractivity contribution in [2.45, 2.75) is 25.8 Å². The minimum absolute atomic E-state index is 0.824. The third kappa shape index (κ3) is 1.74. The second-order valence-electron chi connectivity index (χ2n) is 4.50. The van der Waals surface area contributed by atoms with Crippen LogP contribution in [0.4, 0.5) is 0 Å². The van der Waals surface area contributed by atoms with Crippen LogP contribution < -0.4 is 0 Å². The number of imidazole rings is 1. The number of aromatic nitrogens is 2. The molecule has 0 atom stereocenters. The van der Waals surface area contributed by atoms with Gasteiger partial charge in [0.05, 0.1) is 11.0 Å². The Kier molecular flexibility index (Phi) is 2.64. The monoisotopic (exact) mass is 296 g/mol. The van der Waals surface area contributed by atoms with Gasteiger partial charge in [0.25, 0.3) is 0 Å². The maximum atomic E-state index is 5.38. The lowest BCUT2D eigenvalue weighted by Gasteiger charge is -2.25. The Bertz CT molecular complexity index is 580. The van der Waals surface area contributed by atoms with Gasteiger partial charge in [0, 0.05) is 11.0 Å². The van der Waals surface area contributed by atoms with Crippen molar-refractivity contribution in [2.24, 2.45) is 5.92 Å². The minimum Gasteiger partial charge on any atom is -0.331 e. The van der Waals surface area contributed by atoms with E-state index in [9.17, 15) is 0 Å². The summed E-state index contributed by atoms with van der Waals surface area (Å²) in [7, 11) is 0. The summed E-state index contributed by atoms with van der Waals surface area (Å²) in [4.78, 5) is 3.26. The highest BCUT2D eigenvalue weighted by Crippen LogP contribution is 2.29. The van der Waals surface area contributed by atoms with Crippen LogP contribution in [-0.2, 0) is 6.54 Å². The molecule has 3 rings (SSSR count). The number of nitrogens with zero attached hydrogens (tertiary/aromatic N) is 1. The Balaban J connectivity index is 2.09. The van der Waals surface area contributed by atoms with Gasteiger partial charge in [-0.25, -0.2) is 0 Å². The van der Waals surface area contributed by atoms with Gasteiger partial charge in [0.15, 0.2) is 4.77 Å². The van der Waals surface area contributed by atoms with E-state index in [4.69, 9.17) is 12.2 Å². The summed E-state index contributed by atoms with van der Waals surface area (Å²) in [5.74, 6) is 0.824. The van der Waals surface area contributed by atoms with Crippen molar-refractivity contribution in [3.8, 4) is 0 Å². The number of halogens is 1. The van der Waals surface area contributed by atoms with Crippen LogP contribution in [-0.4, -0.2) is 9.55 Å². The molecule has 1 aliphatic rings. The lowest BCUT2D eigenvalue weighted by Crippen LogP contribution is -2.17. The molecule has 16 heavy (non-hydrogen) atoms. The SMILES string of the molecule is S=c1[nH]c2ccc(Br)cc2n1CC1CCC1. The Hall–Kier alpha value is -0.610. The van der Waals surface area contributed by atoms with Crippen molar-refractivity contribution in [1.29, 1.82) is 0 Å². The van der Waals surface area contributed by atoms with Gasteiger partial charge in [-0.3, -0.25) is 0 Å². The highest BCUT2D eigenvalue weighted by atomic mass is 79.9. The van der Waals surface area contributed by atoms with E-state index in [2.05, 4.69) is 37.6 Å². The van der Waals surface area contributed by atoms with E-state index in [0.717, 1.165) is 27.2 Å². The topological polar surface area (TPSA) is 20.7 Å². The number of fused-ring (bicyclic) bond motifs is 1. The number of rotatable bonds is 2. The van der Waals surface area contributed by atoms with E-state index >= 15 is 0 Å². The van der Waals surface area contributed by atoms with E-state index in [-0.39, 0.29) is 0 Å². The molecule has 0 bridgehead atoms. The molecule has 84 valence electrons. The fraction of sp³-hybridized carbons (Fsp3) is 0.417. The highest BCUT2D eigenvalue weighted by molar-refractivity contribution is 9.10. The van der Waals surface area contributed by atoms with Crippen LogP contribution in [0, 0.1) is 10.7 Å². The average molecular weight is 297 g/mol. The average Bonchev–Trinajstić information content (AvgIpc) is 2.48. The van der Waals surface area contributed by atoms with Crippen molar-refractivity contribution < 1.29 is 0 Å². The maximum Gasteiger partial charge on any atom is 0.178 e. The summed E-state index contributed by atoms with van der Waals surface area (Å²) in [6.07, 6.45) is 4.08. The normalized spacial score (nSPS) is 16.6. The first-order valence-electron chi connectivity index (χ1n) is 5.62. The number of nitrogens with one attached hydrogen (secondary N) is 1. The molecular formula is C12H13BrN2S. The molecule has 1 aliphatic carbocycles. The Labute approximate surface area is 108 Å². The lowest BCUT2D eigenvalue weighted by atomic mass is 9.85. The molecule has 0 spiro atoms. The van der Waals surface area contributed by atoms with Gasteiger partial charge in [-0.05, 0) is 49.2 Å². The van der Waals surface area contributed by atoms with Gasteiger partial charge in [-0.15, -0.1) is 0 Å². The molecule has 1 aromatic heterocycles. The van der Waals surface area contributed by atoms with E-state index in [0.29, 0.717) is 0 Å². The predicted molar refractivity (Wildman–Crippen MR) is 72.2 cm³/mol. The molecule has 4 heteroatoms. The molecule has 1 saturated carbocycles. The summed E-state index contributed by atoms with van der Waals surface area (Å²) in [5.41, 5.74) is 2.35. The number of H-pyrrole nitrogens is 1. The van der Waals surface area contributed by atoms with Gasteiger partial charge < -0.3 is 9.55 Å². The summed E-state index contributed by atoms with van der Waals surface area (Å²) < 4.78 is 4.19. The van der Waals surface area contributed by atoms with Crippen LogP contribution >= 0.6 is 28.1 Å². The number of hydrogen-bond donors (Lipinski definition) is 1. The molecule has 0 saturated heterocycles. The zero-order chi connectivity index (χ0) is 11.1. The van der Waals surface area contributed by atoms with Crippen LogP contribution in [0.5, 0.6) is 0 Å². The van der Waals surface area contributed by atoms with Gasteiger partial charge in [-0.2, -0.15) is 0 Å². The van der Waals surface area contributed by atoms with E-state index in [1.165, 1.54) is 24.8 Å². The second-order valence-corrected chi connectivity index (χ2v) is 5.80. The third-order valence-electron chi connectivity index (χ3n) is 3.40. The van der Waals surface area contributed by atoms with Gasteiger partial charge in [-0.1, -0.05) is 22.4 Å². The van der Waals surface area contributed by atoms with Crippen LogP contribution in [0.25, 0.3) is 11.0 Å². The van der Waals surface area contributed by atoms with Gasteiger partial charge >= 0.3 is 0 Å². The fourth-order valence-electron chi connectivity index (χ4n) is 2.24. The molecule has 1 heterocycles. The van der Waals surface area contributed by atoms with Crippen molar-refractivity contribution >= 4 is 39.2 Å². The summed E-state index contributed by atoms with van der Waals surface area (Å²) >= 11 is 8.89. The van der Waals surface area contributed by atoms with Crippen LogP contribution in [0.15, 0.2) is 22.7 Å². The largest absolute Gasteiger partial charge is 0.331 e. The smallest absolute Gasteiger partial charge is 0.178 e. The highest BCUT2D eigenvalue weighted by Gasteiger charge is 2.19. The zero-order valence-corrected chi connectivity index (χ0v) is 11.3. The summed E-state index contributed by atoms with van der Waals surface area (Å²) in [6, 6.07) is 6.26. The number of hydrogen-bond acceptors (Lipinski definition) is 1. The summed E-state index contributed by atoms with van der Waals surface area (Å²) in [5, 5.41) is 0. The van der Waals surface area contributed by atoms with Crippen molar-refractivity contribution in [3.05, 3.63) is 27.4 Å². The molecule has 0 amide bonds. The van der Waals surface area contributed by atoms with Crippen molar-refractivity contribution in [2.75, 3.05) is 0 Å². The number of aromatic amines is 1. The fourth-order valence-corrected chi connectivity index (χ4v) is 2.87. The third-order valence-corrected chi connectivity index (χ3v) is 4.22. The zero-order valence-electron chi connectivity index (χ0n) is 8.87. The van der Waals surface area contributed by atoms with Crippen LogP contribution in [0.2, 0.25) is 0 Å². The Morgan fingerprint density at radius 3 is 2.94 bits per heavy atom. The second kappa shape index (κ2) is 4.00. The maximum absolute atomic E-state index is 5.38. The standard InChI is InChI=1S/C12H13BrN2S/c13-9-4-5-10-11(6-9)15(12(16)14-10)7-8-2-1-3-8/h4-6,8H,1-3,7H2,(H,14,16). The number of benzene rings is 1. The van der Waals surface area contributed by atoms with Crippen LogP contribution in [0.3, 0.4) is 0 Å². The molecular weight excluding hydrogens is 284 g/mol. The first-order valence-corrected chi connectivity index (χ1v) is 6.82. The first-order chi connectivity index (χ1) is 7.74. The van der Waals surface area contributed by atoms with Gasteiger partial charge in [0.1, 0.15) is 0 Å². The molecule has 0 aliphatic heterocycles. The first kappa shape index (κ1) is 10.5. The van der Waals surface area contributed by atoms with E-state index in [1.807, 2.05) is 6.07 Å². The Morgan fingerprint density at radius 1 is 1.44 bits per heavy atom. The van der Waals surface area contributed by atoms with Gasteiger partial charge in [0.2, 0.25) is 0 Å². The van der Waals surface area contributed by atoms with Crippen molar-refractivity contribution in [1.82, 2.24) is 9.55 Å². The predicted octanol–water partition coefficient (Wildman–Crippen LogP) is 4.26. The minimum atomic E-state index is 0.824. The molecule has 2 aromatic rings. The van der Waals surface area contributed by atoms with E-state index in [1.54, 1.807) is 0 Å². The quantitative estimate of drug-likeness (QED) is 0.821. The molecule has 0 unspecified atom stereocenters. The van der Waals surface area contributed by atoms with Crippen molar-refractivity contribution in [3.63, 3.8) is 0 Å². The van der Waals surface area contributed by atoms with Crippen LogP contribution in [0.1, 0.15) is 19.3 Å². The molecule has 1 fully saturated rings. The Morgan fingerprint density at radius 2 is 2.25 bits per heavy atom. The summed E-state index contributed by atoms with van der Waals surface area (Å²) in [6.45, 7) is 1.06. The molecule has 2 nitrogen and oxygen atoms in total.